The summed E-state index contributed by atoms with van der Waals surface area (Å²) in [6.07, 6.45) is 0. The Hall–Kier alpha value is -2.25. The summed E-state index contributed by atoms with van der Waals surface area (Å²) in [6.45, 7) is 2.85. The Morgan fingerprint density at radius 3 is 2.65 bits per heavy atom. The van der Waals surface area contributed by atoms with Gasteiger partial charge in [-0.2, -0.15) is 0 Å². The van der Waals surface area contributed by atoms with Crippen molar-refractivity contribution in [1.29, 1.82) is 0 Å². The minimum Gasteiger partial charge on any atom is -0.493 e. The van der Waals surface area contributed by atoms with Crippen molar-refractivity contribution in [2.24, 2.45) is 0 Å². The van der Waals surface area contributed by atoms with Gasteiger partial charge in [0.25, 0.3) is 5.91 Å². The monoisotopic (exact) mass is 420 g/mol. The number of benzene rings is 2. The summed E-state index contributed by atoms with van der Waals surface area (Å²) in [5.74, 6) is 0.896. The van der Waals surface area contributed by atoms with E-state index in [1.165, 1.54) is 0 Å². The molecule has 0 bridgehead atoms. The summed E-state index contributed by atoms with van der Waals surface area (Å²) >= 11 is 3.46. The Kier molecular flexibility index (Phi) is 6.35. The maximum atomic E-state index is 12.4. The molecule has 0 radical (unpaired) electrons. The Morgan fingerprint density at radius 1 is 1.19 bits per heavy atom. The second-order valence-corrected chi connectivity index (χ2v) is 6.66. The summed E-state index contributed by atoms with van der Waals surface area (Å²) in [5, 5.41) is 2.94. The number of halogens is 1. The van der Waals surface area contributed by atoms with Gasteiger partial charge in [0, 0.05) is 17.6 Å². The zero-order chi connectivity index (χ0) is 18.4. The molecule has 1 aliphatic rings. The van der Waals surface area contributed by atoms with Crippen LogP contribution in [0.4, 0.5) is 11.4 Å². The molecule has 1 aliphatic heterocycles. The standard InChI is InChI=1S/C19H21BrN2O4/c1-24-17-4-2-3-5-18(17)26-13-19(23)21-15-12-14(20)6-7-16(15)22-8-10-25-11-9-22/h2-7,12H,8-11,13H2,1H3,(H,21,23). The minimum absolute atomic E-state index is 0.102. The van der Waals surface area contributed by atoms with Crippen molar-refractivity contribution in [2.75, 3.05) is 50.2 Å². The van der Waals surface area contributed by atoms with Gasteiger partial charge < -0.3 is 24.4 Å². The molecule has 2 aromatic carbocycles. The molecule has 6 nitrogen and oxygen atoms in total. The number of amides is 1. The maximum Gasteiger partial charge on any atom is 0.262 e. The van der Waals surface area contributed by atoms with Gasteiger partial charge >= 0.3 is 0 Å². The summed E-state index contributed by atoms with van der Waals surface area (Å²) < 4.78 is 17.1. The number of anilines is 2. The summed E-state index contributed by atoms with van der Waals surface area (Å²) in [5.41, 5.74) is 1.72. The molecule has 26 heavy (non-hydrogen) atoms. The molecule has 138 valence electrons. The highest BCUT2D eigenvalue weighted by atomic mass is 79.9. The van der Waals surface area contributed by atoms with E-state index in [1.54, 1.807) is 19.2 Å². The molecule has 7 heteroatoms. The molecule has 1 saturated heterocycles. The number of hydrogen-bond acceptors (Lipinski definition) is 5. The average molecular weight is 421 g/mol. The van der Waals surface area contributed by atoms with Crippen LogP contribution in [0.25, 0.3) is 0 Å². The third-order valence-corrected chi connectivity index (χ3v) is 4.51. The molecule has 3 rings (SSSR count). The molecular weight excluding hydrogens is 400 g/mol. The van der Waals surface area contributed by atoms with E-state index in [0.717, 1.165) is 28.9 Å². The highest BCUT2D eigenvalue weighted by Gasteiger charge is 2.17. The normalized spacial score (nSPS) is 14.0. The fraction of sp³-hybridized carbons (Fsp3) is 0.316. The lowest BCUT2D eigenvalue weighted by atomic mass is 10.2. The van der Waals surface area contributed by atoms with E-state index in [9.17, 15) is 4.79 Å². The average Bonchev–Trinajstić information content (AvgIpc) is 2.67. The smallest absolute Gasteiger partial charge is 0.262 e. The molecule has 0 aromatic heterocycles. The summed E-state index contributed by atoms with van der Waals surface area (Å²) in [7, 11) is 1.57. The van der Waals surface area contributed by atoms with E-state index in [4.69, 9.17) is 14.2 Å². The van der Waals surface area contributed by atoms with Crippen molar-refractivity contribution in [3.05, 3.63) is 46.9 Å². The van der Waals surface area contributed by atoms with Gasteiger partial charge in [-0.3, -0.25) is 4.79 Å². The van der Waals surface area contributed by atoms with E-state index in [-0.39, 0.29) is 12.5 Å². The van der Waals surface area contributed by atoms with Gasteiger partial charge in [-0.25, -0.2) is 0 Å². The molecule has 1 heterocycles. The Labute approximate surface area is 161 Å². The highest BCUT2D eigenvalue weighted by Crippen LogP contribution is 2.30. The summed E-state index contributed by atoms with van der Waals surface area (Å²) in [4.78, 5) is 14.6. The lowest BCUT2D eigenvalue weighted by molar-refractivity contribution is -0.118. The van der Waals surface area contributed by atoms with Crippen molar-refractivity contribution in [3.63, 3.8) is 0 Å². The predicted molar refractivity (Wildman–Crippen MR) is 104 cm³/mol. The highest BCUT2D eigenvalue weighted by molar-refractivity contribution is 9.10. The first kappa shape index (κ1) is 18.5. The third-order valence-electron chi connectivity index (χ3n) is 4.01. The van der Waals surface area contributed by atoms with Crippen LogP contribution in [0.2, 0.25) is 0 Å². The summed E-state index contributed by atoms with van der Waals surface area (Å²) in [6, 6.07) is 13.1. The van der Waals surface area contributed by atoms with E-state index in [0.29, 0.717) is 24.7 Å². The Balaban J connectivity index is 1.67. The van der Waals surface area contributed by atoms with Gasteiger partial charge in [0.15, 0.2) is 18.1 Å². The van der Waals surface area contributed by atoms with Crippen molar-refractivity contribution < 1.29 is 19.0 Å². The molecule has 1 amide bonds. The van der Waals surface area contributed by atoms with Crippen LogP contribution < -0.4 is 19.7 Å². The zero-order valence-electron chi connectivity index (χ0n) is 14.5. The Bertz CT molecular complexity index is 763. The number of rotatable bonds is 6. The predicted octanol–water partition coefficient (Wildman–Crippen LogP) is 3.31. The van der Waals surface area contributed by atoms with E-state index in [2.05, 4.69) is 26.1 Å². The van der Waals surface area contributed by atoms with E-state index in [1.807, 2.05) is 30.3 Å². The van der Waals surface area contributed by atoms with Crippen LogP contribution >= 0.6 is 15.9 Å². The van der Waals surface area contributed by atoms with Gasteiger partial charge in [0.05, 0.1) is 31.7 Å². The van der Waals surface area contributed by atoms with Crippen molar-refractivity contribution >= 4 is 33.2 Å². The van der Waals surface area contributed by atoms with Crippen LogP contribution in [0.5, 0.6) is 11.5 Å². The van der Waals surface area contributed by atoms with Gasteiger partial charge in [0.2, 0.25) is 0 Å². The molecule has 0 saturated carbocycles. The number of methoxy groups -OCH3 is 1. The van der Waals surface area contributed by atoms with Gasteiger partial charge in [-0.1, -0.05) is 28.1 Å². The number of carbonyl (C=O) groups excluding carboxylic acids is 1. The van der Waals surface area contributed by atoms with Gasteiger partial charge in [-0.15, -0.1) is 0 Å². The van der Waals surface area contributed by atoms with Crippen LogP contribution in [0.1, 0.15) is 0 Å². The van der Waals surface area contributed by atoms with Crippen LogP contribution in [-0.2, 0) is 9.53 Å². The molecule has 0 aliphatic carbocycles. The number of morpholine rings is 1. The topological polar surface area (TPSA) is 60.0 Å². The van der Waals surface area contributed by atoms with Gasteiger partial charge in [0.1, 0.15) is 0 Å². The molecule has 2 aromatic rings. The first-order chi connectivity index (χ1) is 12.7. The van der Waals surface area contributed by atoms with Crippen LogP contribution in [0.15, 0.2) is 46.9 Å². The van der Waals surface area contributed by atoms with Gasteiger partial charge in [-0.05, 0) is 30.3 Å². The molecule has 0 unspecified atom stereocenters. The number of ether oxygens (including phenoxy) is 3. The number of carbonyl (C=O) groups is 1. The van der Waals surface area contributed by atoms with Crippen LogP contribution in [-0.4, -0.2) is 45.9 Å². The van der Waals surface area contributed by atoms with E-state index >= 15 is 0 Å². The third kappa shape index (κ3) is 4.68. The largest absolute Gasteiger partial charge is 0.493 e. The number of nitrogens with zero attached hydrogens (tertiary/aromatic N) is 1. The lowest BCUT2D eigenvalue weighted by Crippen LogP contribution is -2.37. The second-order valence-electron chi connectivity index (χ2n) is 5.75. The number of para-hydroxylation sites is 2. The second kappa shape index (κ2) is 8.91. The first-order valence-corrected chi connectivity index (χ1v) is 9.14. The molecular formula is C19H21BrN2O4. The molecule has 1 N–H and O–H groups in total. The van der Waals surface area contributed by atoms with Crippen molar-refractivity contribution in [2.45, 2.75) is 0 Å². The SMILES string of the molecule is COc1ccccc1OCC(=O)Nc1cc(Br)ccc1N1CCOCC1. The fourth-order valence-electron chi connectivity index (χ4n) is 2.76. The maximum absolute atomic E-state index is 12.4. The van der Waals surface area contributed by atoms with E-state index < -0.39 is 0 Å². The quantitative estimate of drug-likeness (QED) is 0.776. The number of nitrogens with one attached hydrogen (secondary N) is 1. The van der Waals surface area contributed by atoms with Crippen molar-refractivity contribution in [3.8, 4) is 11.5 Å². The van der Waals surface area contributed by atoms with Crippen LogP contribution in [0, 0.1) is 0 Å². The molecule has 0 atom stereocenters. The lowest BCUT2D eigenvalue weighted by Gasteiger charge is -2.30. The van der Waals surface area contributed by atoms with Crippen LogP contribution in [0.3, 0.4) is 0 Å². The minimum atomic E-state index is -0.233. The first-order valence-electron chi connectivity index (χ1n) is 8.35. The molecule has 0 spiro atoms. The fourth-order valence-corrected chi connectivity index (χ4v) is 3.12. The zero-order valence-corrected chi connectivity index (χ0v) is 16.1. The molecule has 1 fully saturated rings. The number of hydrogen-bond donors (Lipinski definition) is 1. The Morgan fingerprint density at radius 2 is 1.92 bits per heavy atom. The van der Waals surface area contributed by atoms with Crippen molar-refractivity contribution in [1.82, 2.24) is 0 Å².